The number of aryl methyl sites for hydroxylation is 1. The Balaban J connectivity index is 2.25. The highest BCUT2D eigenvalue weighted by molar-refractivity contribution is 5.70. The highest BCUT2D eigenvalue weighted by Gasteiger charge is 2.25. The van der Waals surface area contributed by atoms with Gasteiger partial charge in [-0.2, -0.15) is 0 Å². The van der Waals surface area contributed by atoms with E-state index < -0.39 is 0 Å². The molecule has 21 heavy (non-hydrogen) atoms. The molecule has 2 aromatic rings. The van der Waals surface area contributed by atoms with Crippen molar-refractivity contribution in [3.63, 3.8) is 0 Å². The van der Waals surface area contributed by atoms with Gasteiger partial charge in [-0.1, -0.05) is 20.3 Å². The van der Waals surface area contributed by atoms with Crippen LogP contribution in [0.2, 0.25) is 0 Å². The van der Waals surface area contributed by atoms with E-state index in [4.69, 9.17) is 0 Å². The molecule has 3 rings (SSSR count). The first-order chi connectivity index (χ1) is 10.2. The Bertz CT molecular complexity index is 764. The molecular weight excluding hydrogens is 268 g/mol. The molecule has 6 nitrogen and oxygen atoms in total. The van der Waals surface area contributed by atoms with E-state index in [9.17, 15) is 9.59 Å². The Hall–Kier alpha value is -1.85. The second kappa shape index (κ2) is 5.50. The molecule has 1 aliphatic rings. The molecular formula is C15H22N4O2. The van der Waals surface area contributed by atoms with Gasteiger partial charge in [-0.25, -0.2) is 9.78 Å². The average molecular weight is 290 g/mol. The second-order valence-electron chi connectivity index (χ2n) is 5.84. The normalized spacial score (nSPS) is 15.5. The molecule has 2 heterocycles. The number of imidazole rings is 1. The van der Waals surface area contributed by atoms with Gasteiger partial charge < -0.3 is 4.98 Å². The Morgan fingerprint density at radius 1 is 1.14 bits per heavy atom. The molecule has 0 aliphatic heterocycles. The monoisotopic (exact) mass is 290 g/mol. The van der Waals surface area contributed by atoms with Gasteiger partial charge in [-0.3, -0.25) is 13.9 Å². The molecule has 0 unspecified atom stereocenters. The van der Waals surface area contributed by atoms with Gasteiger partial charge in [0.05, 0.1) is 0 Å². The van der Waals surface area contributed by atoms with Gasteiger partial charge in [-0.15, -0.1) is 0 Å². The van der Waals surface area contributed by atoms with Crippen molar-refractivity contribution in [3.8, 4) is 0 Å². The summed E-state index contributed by atoms with van der Waals surface area (Å²) in [5, 5.41) is 0. The van der Waals surface area contributed by atoms with Crippen molar-refractivity contribution in [2.75, 3.05) is 0 Å². The molecule has 0 saturated heterocycles. The molecule has 1 fully saturated rings. The number of nitrogens with one attached hydrogen (secondary N) is 1. The van der Waals surface area contributed by atoms with Gasteiger partial charge in [0.2, 0.25) is 0 Å². The number of fused-ring (bicyclic) bond motifs is 1. The predicted octanol–water partition coefficient (Wildman–Crippen LogP) is 1.97. The fraction of sp³-hybridized carbons (Fsp3) is 0.667. The van der Waals surface area contributed by atoms with Gasteiger partial charge in [0.1, 0.15) is 11.3 Å². The lowest BCUT2D eigenvalue weighted by Gasteiger charge is -2.22. The van der Waals surface area contributed by atoms with Crippen LogP contribution in [0.25, 0.3) is 11.2 Å². The van der Waals surface area contributed by atoms with Crippen LogP contribution in [0, 0.1) is 0 Å². The Morgan fingerprint density at radius 2 is 1.81 bits per heavy atom. The van der Waals surface area contributed by atoms with Crippen LogP contribution in [-0.2, 0) is 13.1 Å². The van der Waals surface area contributed by atoms with E-state index in [0.29, 0.717) is 30.2 Å². The Labute approximate surface area is 122 Å². The summed E-state index contributed by atoms with van der Waals surface area (Å²) in [5.74, 6) is 1.29. The largest absolute Gasteiger partial charge is 0.336 e. The van der Waals surface area contributed by atoms with E-state index in [1.54, 1.807) is 4.57 Å². The third-order valence-corrected chi connectivity index (χ3v) is 4.27. The van der Waals surface area contributed by atoms with Crippen molar-refractivity contribution in [3.05, 3.63) is 26.7 Å². The molecule has 1 N–H and O–H groups in total. The molecule has 0 bridgehead atoms. The van der Waals surface area contributed by atoms with Gasteiger partial charge in [0, 0.05) is 19.0 Å². The van der Waals surface area contributed by atoms with Gasteiger partial charge in [-0.05, 0) is 25.7 Å². The van der Waals surface area contributed by atoms with E-state index in [2.05, 4.69) is 9.97 Å². The summed E-state index contributed by atoms with van der Waals surface area (Å²) >= 11 is 0. The summed E-state index contributed by atoms with van der Waals surface area (Å²) in [6.07, 6.45) is 5.03. The number of rotatable bonds is 5. The zero-order valence-corrected chi connectivity index (χ0v) is 12.7. The molecule has 0 aromatic carbocycles. The van der Waals surface area contributed by atoms with Crippen LogP contribution in [-0.4, -0.2) is 19.1 Å². The predicted molar refractivity (Wildman–Crippen MR) is 81.8 cm³/mol. The van der Waals surface area contributed by atoms with E-state index in [0.717, 1.165) is 31.5 Å². The molecule has 6 heteroatoms. The lowest BCUT2D eigenvalue weighted by Crippen LogP contribution is -2.40. The van der Waals surface area contributed by atoms with E-state index in [-0.39, 0.29) is 11.2 Å². The van der Waals surface area contributed by atoms with Crippen molar-refractivity contribution in [2.24, 2.45) is 0 Å². The lowest BCUT2D eigenvalue weighted by atomic mass is 9.85. The van der Waals surface area contributed by atoms with E-state index >= 15 is 0 Å². The number of H-pyrrole nitrogens is 1. The maximum atomic E-state index is 12.5. The maximum absolute atomic E-state index is 12.5. The minimum atomic E-state index is -0.234. The van der Waals surface area contributed by atoms with Crippen LogP contribution in [0.15, 0.2) is 9.59 Å². The molecule has 2 aromatic heterocycles. The number of nitrogens with zero attached hydrogens (tertiary/aromatic N) is 3. The van der Waals surface area contributed by atoms with Gasteiger partial charge >= 0.3 is 5.69 Å². The summed E-state index contributed by atoms with van der Waals surface area (Å²) in [6.45, 7) is 5.03. The summed E-state index contributed by atoms with van der Waals surface area (Å²) in [4.78, 5) is 32.8. The minimum absolute atomic E-state index is 0.233. The number of hydrogen-bond donors (Lipinski definition) is 1. The Kier molecular flexibility index (Phi) is 3.69. The van der Waals surface area contributed by atoms with Crippen molar-refractivity contribution < 1.29 is 0 Å². The SMILES string of the molecule is CCCn1c(=O)c2[nH]c(C3CCC3)nc2n(CCC)c1=O. The van der Waals surface area contributed by atoms with Crippen molar-refractivity contribution in [1.82, 2.24) is 19.1 Å². The molecule has 0 radical (unpaired) electrons. The molecule has 0 amide bonds. The van der Waals surface area contributed by atoms with Crippen molar-refractivity contribution in [1.29, 1.82) is 0 Å². The van der Waals surface area contributed by atoms with Crippen LogP contribution >= 0.6 is 0 Å². The first-order valence-corrected chi connectivity index (χ1v) is 7.90. The quantitative estimate of drug-likeness (QED) is 0.915. The standard InChI is InChI=1S/C15H22N4O2/c1-3-8-18-13-11(14(20)19(9-4-2)15(18)21)16-12(17-13)10-6-5-7-10/h10H,3-9H2,1-2H3,(H,16,17). The van der Waals surface area contributed by atoms with Crippen molar-refractivity contribution in [2.45, 2.75) is 65.0 Å². The number of hydrogen-bond acceptors (Lipinski definition) is 3. The van der Waals surface area contributed by atoms with Crippen LogP contribution < -0.4 is 11.2 Å². The summed E-state index contributed by atoms with van der Waals surface area (Å²) in [6, 6.07) is 0. The summed E-state index contributed by atoms with van der Waals surface area (Å²) in [5.41, 5.74) is 0.546. The lowest BCUT2D eigenvalue weighted by molar-refractivity contribution is 0.404. The van der Waals surface area contributed by atoms with Crippen LogP contribution in [0.3, 0.4) is 0 Å². The topological polar surface area (TPSA) is 72.7 Å². The number of aromatic amines is 1. The highest BCUT2D eigenvalue weighted by Crippen LogP contribution is 2.34. The first kappa shape index (κ1) is 14.1. The smallest absolute Gasteiger partial charge is 0.332 e. The van der Waals surface area contributed by atoms with Crippen LogP contribution in [0.1, 0.15) is 57.7 Å². The zero-order chi connectivity index (χ0) is 15.0. The summed E-state index contributed by atoms with van der Waals surface area (Å²) in [7, 11) is 0. The molecule has 1 saturated carbocycles. The molecule has 0 spiro atoms. The molecule has 114 valence electrons. The fourth-order valence-electron chi connectivity index (χ4n) is 2.91. The first-order valence-electron chi connectivity index (χ1n) is 7.90. The van der Waals surface area contributed by atoms with Crippen LogP contribution in [0.5, 0.6) is 0 Å². The third-order valence-electron chi connectivity index (χ3n) is 4.27. The van der Waals surface area contributed by atoms with Gasteiger partial charge in [0.25, 0.3) is 5.56 Å². The minimum Gasteiger partial charge on any atom is -0.336 e. The fourth-order valence-corrected chi connectivity index (χ4v) is 2.91. The van der Waals surface area contributed by atoms with E-state index in [1.165, 1.54) is 11.0 Å². The average Bonchev–Trinajstić information content (AvgIpc) is 2.82. The molecule has 0 atom stereocenters. The van der Waals surface area contributed by atoms with E-state index in [1.807, 2.05) is 13.8 Å². The number of aromatic nitrogens is 4. The highest BCUT2D eigenvalue weighted by atomic mass is 16.2. The van der Waals surface area contributed by atoms with Crippen LogP contribution in [0.4, 0.5) is 0 Å². The molecule has 1 aliphatic carbocycles. The van der Waals surface area contributed by atoms with Crippen molar-refractivity contribution >= 4 is 11.2 Å². The Morgan fingerprint density at radius 3 is 2.38 bits per heavy atom. The maximum Gasteiger partial charge on any atom is 0.332 e. The second-order valence-corrected chi connectivity index (χ2v) is 5.84. The zero-order valence-electron chi connectivity index (χ0n) is 12.7. The third kappa shape index (κ3) is 2.22. The summed E-state index contributed by atoms with van der Waals surface area (Å²) < 4.78 is 2.98. The van der Waals surface area contributed by atoms with Gasteiger partial charge in [0.15, 0.2) is 5.65 Å².